The lowest BCUT2D eigenvalue weighted by Crippen LogP contribution is -2.61. The van der Waals surface area contributed by atoms with Gasteiger partial charge in [0.25, 0.3) is 8.32 Å². The maximum atomic E-state index is 13.9. The van der Waals surface area contributed by atoms with Crippen molar-refractivity contribution in [3.05, 3.63) is 35.9 Å². The maximum absolute atomic E-state index is 13.9. The molecule has 0 aliphatic heterocycles. The molecule has 1 aliphatic carbocycles. The first-order valence-electron chi connectivity index (χ1n) is 16.4. The molecule has 3 atom stereocenters. The normalized spacial score (nSPS) is 17.1. The first-order valence-corrected chi connectivity index (χ1v) is 18.4. The summed E-state index contributed by atoms with van der Waals surface area (Å²) in [6.07, 6.45) is 4.97. The highest BCUT2D eigenvalue weighted by molar-refractivity contribution is 6.82. The fourth-order valence-electron chi connectivity index (χ4n) is 7.02. The van der Waals surface area contributed by atoms with Crippen LogP contribution in [0.2, 0.25) is 15.6 Å². The van der Waals surface area contributed by atoms with Crippen molar-refractivity contribution < 1.29 is 33.4 Å². The van der Waals surface area contributed by atoms with Crippen LogP contribution in [0.3, 0.4) is 0 Å². The van der Waals surface area contributed by atoms with Crippen molar-refractivity contribution in [3.63, 3.8) is 0 Å². The molecular weight excluding hydrogens is 588 g/mol. The smallest absolute Gasteiger partial charge is 0.394 e. The van der Waals surface area contributed by atoms with E-state index in [1.54, 1.807) is 27.7 Å². The average molecular weight is 647 g/mol. The zero-order chi connectivity index (χ0) is 34.2. The number of ether oxygens (including phenoxy) is 1. The van der Waals surface area contributed by atoms with E-state index in [2.05, 4.69) is 52.2 Å². The molecule has 0 aromatic heterocycles. The fraction of sp³-hybridized carbons (Fsp3) is 0.714. The summed E-state index contributed by atoms with van der Waals surface area (Å²) in [5.74, 6) is -2.95. The third kappa shape index (κ3) is 10.9. The van der Waals surface area contributed by atoms with Gasteiger partial charge < -0.3 is 24.9 Å². The van der Waals surface area contributed by atoms with Crippen LogP contribution >= 0.6 is 0 Å². The number of rotatable bonds is 13. The summed E-state index contributed by atoms with van der Waals surface area (Å²) in [5.41, 5.74) is 0.594. The number of carboxylic acids is 1. The molecule has 0 saturated heterocycles. The minimum Gasteiger partial charge on any atom is -0.502 e. The quantitative estimate of drug-likeness (QED) is 0.193. The van der Waals surface area contributed by atoms with Crippen molar-refractivity contribution in [3.8, 4) is 0 Å². The van der Waals surface area contributed by atoms with Crippen molar-refractivity contribution in [2.45, 2.75) is 147 Å². The number of hydrogen-bond acceptors (Lipinski definition) is 6. The van der Waals surface area contributed by atoms with Crippen LogP contribution in [-0.4, -0.2) is 61.5 Å². The summed E-state index contributed by atoms with van der Waals surface area (Å²) in [7, 11) is -2.81. The first-order chi connectivity index (χ1) is 20.7. The summed E-state index contributed by atoms with van der Waals surface area (Å²) in [6, 6.07) is 7.23. The minimum atomic E-state index is -2.81. The van der Waals surface area contributed by atoms with Crippen LogP contribution in [0, 0.1) is 5.92 Å². The number of amides is 2. The lowest BCUT2D eigenvalue weighted by atomic mass is 9.95. The Kier molecular flexibility index (Phi) is 13.4. The number of aliphatic carboxylic acids is 1. The van der Waals surface area contributed by atoms with Gasteiger partial charge in [-0.25, -0.2) is 9.59 Å². The molecule has 0 unspecified atom stereocenters. The molecule has 0 radical (unpaired) electrons. The molecule has 2 rings (SSSR count). The van der Waals surface area contributed by atoms with E-state index >= 15 is 0 Å². The highest BCUT2D eigenvalue weighted by Gasteiger charge is 2.62. The lowest BCUT2D eigenvalue weighted by molar-refractivity contribution is -0.146. The molecule has 1 aromatic rings. The molecule has 45 heavy (non-hydrogen) atoms. The zero-order valence-electron chi connectivity index (χ0n) is 29.2. The van der Waals surface area contributed by atoms with Gasteiger partial charge in [0.1, 0.15) is 0 Å². The molecule has 1 aromatic carbocycles. The number of carbonyl (C=O) groups is 4. The van der Waals surface area contributed by atoms with Crippen molar-refractivity contribution in [2.75, 3.05) is 6.61 Å². The second-order valence-corrected chi connectivity index (χ2v) is 21.2. The standard InChI is InChI=1S/C35H58N2O7Si/c1-24(30(39)36-28(31(40)41)23-43-33(2,3)4)21-29(38)27(22-25-17-13-11-14-18-25)37-32(42)44-45(34(5,6)7,35(8,9)10)26-19-15-12-16-20-26/h11,13-14,17-18,24,26-28H,12,15-16,19-23H2,1-10H3,(H,36,39)(H,37,42)(H,40,41)/t24-,27+,28+/m1/s1. The zero-order valence-corrected chi connectivity index (χ0v) is 30.2. The van der Waals surface area contributed by atoms with Crippen LogP contribution in [-0.2, 0) is 30.0 Å². The van der Waals surface area contributed by atoms with E-state index in [-0.39, 0.29) is 35.3 Å². The highest BCUT2D eigenvalue weighted by atomic mass is 28.4. The summed E-state index contributed by atoms with van der Waals surface area (Å²) >= 11 is 0. The second kappa shape index (κ2) is 15.7. The van der Waals surface area contributed by atoms with Gasteiger partial charge in [-0.15, -0.1) is 0 Å². The van der Waals surface area contributed by atoms with Gasteiger partial charge in [-0.3, -0.25) is 9.59 Å². The van der Waals surface area contributed by atoms with E-state index in [0.29, 0.717) is 5.54 Å². The third-order valence-electron chi connectivity index (χ3n) is 8.88. The highest BCUT2D eigenvalue weighted by Crippen LogP contribution is 2.60. The number of Topliss-reactive ketones (excluding diaryl/α,β-unsaturated/α-hetero) is 1. The van der Waals surface area contributed by atoms with E-state index in [4.69, 9.17) is 9.16 Å². The van der Waals surface area contributed by atoms with Crippen molar-refractivity contribution >= 4 is 32.1 Å². The van der Waals surface area contributed by atoms with Gasteiger partial charge in [0, 0.05) is 12.3 Å². The fourth-order valence-corrected chi connectivity index (χ4v) is 14.1. The molecular formula is C35H58N2O7Si. The molecule has 1 saturated carbocycles. The van der Waals surface area contributed by atoms with Crippen LogP contribution in [0.1, 0.15) is 113 Å². The summed E-state index contributed by atoms with van der Waals surface area (Å²) in [6.45, 7) is 19.8. The molecule has 1 aliphatic rings. The Morgan fingerprint density at radius 1 is 0.867 bits per heavy atom. The number of hydrogen-bond donors (Lipinski definition) is 3. The van der Waals surface area contributed by atoms with Crippen molar-refractivity contribution in [1.82, 2.24) is 10.6 Å². The number of carbonyl (C=O) groups excluding carboxylic acids is 3. The predicted molar refractivity (Wildman–Crippen MR) is 180 cm³/mol. The molecule has 0 heterocycles. The summed E-state index contributed by atoms with van der Waals surface area (Å²) in [5, 5.41) is 14.6. The topological polar surface area (TPSA) is 131 Å². The van der Waals surface area contributed by atoms with E-state index in [9.17, 15) is 24.3 Å². The van der Waals surface area contributed by atoms with Crippen molar-refractivity contribution in [1.29, 1.82) is 0 Å². The number of benzene rings is 1. The van der Waals surface area contributed by atoms with Crippen LogP contribution in [0.4, 0.5) is 4.79 Å². The van der Waals surface area contributed by atoms with E-state index in [0.717, 1.165) is 31.2 Å². The molecule has 9 nitrogen and oxygen atoms in total. The Hall–Kier alpha value is -2.72. The lowest BCUT2D eigenvalue weighted by Gasteiger charge is -2.54. The van der Waals surface area contributed by atoms with Gasteiger partial charge >= 0.3 is 12.1 Å². The van der Waals surface area contributed by atoms with Gasteiger partial charge in [0.05, 0.1) is 18.2 Å². The molecule has 3 N–H and O–H groups in total. The van der Waals surface area contributed by atoms with Gasteiger partial charge in [-0.2, -0.15) is 0 Å². The predicted octanol–water partition coefficient (Wildman–Crippen LogP) is 7.18. The molecule has 254 valence electrons. The monoisotopic (exact) mass is 646 g/mol. The van der Waals surface area contributed by atoms with E-state index in [1.165, 1.54) is 6.42 Å². The Labute approximate surface area is 271 Å². The molecule has 10 heteroatoms. The van der Waals surface area contributed by atoms with Gasteiger partial charge in [-0.05, 0) is 61.2 Å². The number of nitrogens with one attached hydrogen (secondary N) is 2. The van der Waals surface area contributed by atoms with Crippen LogP contribution in [0.15, 0.2) is 30.3 Å². The molecule has 2 amide bonds. The van der Waals surface area contributed by atoms with Crippen LogP contribution in [0.25, 0.3) is 0 Å². The Balaban J connectivity index is 2.29. The third-order valence-corrected chi connectivity index (χ3v) is 15.6. The van der Waals surface area contributed by atoms with Gasteiger partial charge in [-0.1, -0.05) is 98.1 Å². The van der Waals surface area contributed by atoms with E-state index < -0.39 is 49.9 Å². The number of ketones is 1. The Bertz CT molecular complexity index is 1130. The van der Waals surface area contributed by atoms with E-state index in [1.807, 2.05) is 30.3 Å². The van der Waals surface area contributed by atoms with Crippen LogP contribution in [0.5, 0.6) is 0 Å². The SMILES string of the molecule is C[C@H](CC(=O)[C@H](Cc1ccccc1)NC(=O)O[Si](C1CCCCC1)(C(C)(C)C)C(C)(C)C)C(=O)N[C@@H](COC(C)(C)C)C(=O)O. The molecule has 0 bridgehead atoms. The minimum absolute atomic E-state index is 0.181. The summed E-state index contributed by atoms with van der Waals surface area (Å²) in [4.78, 5) is 52.4. The first kappa shape index (κ1) is 38.5. The molecule has 0 spiro atoms. The van der Waals surface area contributed by atoms with Crippen molar-refractivity contribution in [2.24, 2.45) is 5.92 Å². The maximum Gasteiger partial charge on any atom is 0.394 e. The van der Waals surface area contributed by atoms with Crippen LogP contribution < -0.4 is 10.6 Å². The van der Waals surface area contributed by atoms with Gasteiger partial charge in [0.15, 0.2) is 11.8 Å². The Morgan fingerprint density at radius 2 is 1.42 bits per heavy atom. The van der Waals surface area contributed by atoms with Gasteiger partial charge in [0.2, 0.25) is 5.91 Å². The number of carboxylic acid groups (broad SMARTS) is 1. The molecule has 1 fully saturated rings. The largest absolute Gasteiger partial charge is 0.502 e. The summed E-state index contributed by atoms with van der Waals surface area (Å²) < 4.78 is 12.3. The second-order valence-electron chi connectivity index (χ2n) is 15.7. The Morgan fingerprint density at radius 3 is 1.91 bits per heavy atom. The average Bonchev–Trinajstić information content (AvgIpc) is 2.92.